The lowest BCUT2D eigenvalue weighted by molar-refractivity contribution is -0.132. The van der Waals surface area contributed by atoms with Crippen molar-refractivity contribution >= 4 is 11.8 Å². The van der Waals surface area contributed by atoms with Crippen LogP contribution in [0.15, 0.2) is 0 Å². The number of piperidine rings is 1. The van der Waals surface area contributed by atoms with Gasteiger partial charge in [0.1, 0.15) is 0 Å². The molecule has 0 radical (unpaired) electrons. The van der Waals surface area contributed by atoms with Gasteiger partial charge in [-0.15, -0.1) is 0 Å². The minimum absolute atomic E-state index is 0.0208. The Balaban J connectivity index is 2.27. The van der Waals surface area contributed by atoms with Gasteiger partial charge in [-0.3, -0.25) is 9.59 Å². The van der Waals surface area contributed by atoms with Crippen LogP contribution in [0.5, 0.6) is 0 Å². The number of nitrogens with two attached hydrogens (primary N) is 1. The van der Waals surface area contributed by atoms with E-state index < -0.39 is 0 Å². The lowest BCUT2D eigenvalue weighted by atomic mass is 10.0. The summed E-state index contributed by atoms with van der Waals surface area (Å²) in [6, 6.07) is 0.219. The number of rotatable bonds is 6. The van der Waals surface area contributed by atoms with Crippen molar-refractivity contribution in [3.05, 3.63) is 0 Å². The second-order valence-corrected chi connectivity index (χ2v) is 6.20. The number of likely N-dealkylation sites (tertiary alicyclic amines) is 1. The van der Waals surface area contributed by atoms with Gasteiger partial charge < -0.3 is 16.0 Å². The summed E-state index contributed by atoms with van der Waals surface area (Å²) in [5.41, 5.74) is 5.56. The van der Waals surface area contributed by atoms with E-state index in [4.69, 9.17) is 5.73 Å². The maximum atomic E-state index is 12.1. The van der Waals surface area contributed by atoms with Gasteiger partial charge in [0.25, 0.3) is 0 Å². The summed E-state index contributed by atoms with van der Waals surface area (Å²) in [6.45, 7) is 7.99. The first kappa shape index (κ1) is 17.0. The van der Waals surface area contributed by atoms with Crippen LogP contribution < -0.4 is 11.1 Å². The summed E-state index contributed by atoms with van der Waals surface area (Å²) in [7, 11) is 0. The molecule has 0 aliphatic carbocycles. The summed E-state index contributed by atoms with van der Waals surface area (Å²) in [6.07, 6.45) is 3.16. The van der Waals surface area contributed by atoms with Gasteiger partial charge in [-0.1, -0.05) is 20.8 Å². The summed E-state index contributed by atoms with van der Waals surface area (Å²) in [4.78, 5) is 25.6. The number of amides is 2. The Morgan fingerprint density at radius 3 is 2.35 bits per heavy atom. The van der Waals surface area contributed by atoms with Crippen molar-refractivity contribution in [1.82, 2.24) is 10.2 Å². The second-order valence-electron chi connectivity index (χ2n) is 6.20. The van der Waals surface area contributed by atoms with Crippen molar-refractivity contribution < 1.29 is 9.59 Å². The van der Waals surface area contributed by atoms with Crippen LogP contribution in [0.25, 0.3) is 0 Å². The Bertz CT molecular complexity index is 323. The number of nitrogens with one attached hydrogen (secondary N) is 1. The fraction of sp³-hybridized carbons (Fsp3) is 0.867. The first-order valence-electron chi connectivity index (χ1n) is 7.72. The predicted molar refractivity (Wildman–Crippen MR) is 80.0 cm³/mol. The number of nitrogens with zero attached hydrogens (tertiary/aromatic N) is 1. The molecular weight excluding hydrogens is 254 g/mol. The Kier molecular flexibility index (Phi) is 6.99. The van der Waals surface area contributed by atoms with Crippen LogP contribution in [0, 0.1) is 11.8 Å². The normalized spacial score (nSPS) is 18.1. The molecule has 1 unspecified atom stereocenters. The quantitative estimate of drug-likeness (QED) is 0.767. The highest BCUT2D eigenvalue weighted by molar-refractivity contribution is 5.78. The molecule has 5 heteroatoms. The fourth-order valence-corrected chi connectivity index (χ4v) is 2.29. The van der Waals surface area contributed by atoms with Gasteiger partial charge in [-0.25, -0.2) is 0 Å². The lowest BCUT2D eigenvalue weighted by Crippen LogP contribution is -2.47. The predicted octanol–water partition coefficient (Wildman–Crippen LogP) is 1.12. The molecule has 1 rings (SSSR count). The van der Waals surface area contributed by atoms with E-state index in [9.17, 15) is 9.59 Å². The average Bonchev–Trinajstić information content (AvgIpc) is 2.44. The molecule has 0 aromatic carbocycles. The van der Waals surface area contributed by atoms with E-state index >= 15 is 0 Å². The molecule has 1 atom stereocenters. The summed E-state index contributed by atoms with van der Waals surface area (Å²) in [5.74, 6) is 0.750. The van der Waals surface area contributed by atoms with E-state index in [1.54, 1.807) is 0 Å². The van der Waals surface area contributed by atoms with E-state index in [2.05, 4.69) is 12.2 Å². The molecule has 0 aromatic rings. The summed E-state index contributed by atoms with van der Waals surface area (Å²) < 4.78 is 0. The molecule has 0 aromatic heterocycles. The van der Waals surface area contributed by atoms with Gasteiger partial charge in [0.2, 0.25) is 11.8 Å². The van der Waals surface area contributed by atoms with Crippen molar-refractivity contribution in [3.8, 4) is 0 Å². The van der Waals surface area contributed by atoms with Gasteiger partial charge in [-0.05, 0) is 31.7 Å². The maximum absolute atomic E-state index is 12.1. The van der Waals surface area contributed by atoms with Crippen molar-refractivity contribution in [3.63, 3.8) is 0 Å². The van der Waals surface area contributed by atoms with Gasteiger partial charge in [-0.2, -0.15) is 0 Å². The molecule has 0 bridgehead atoms. The Morgan fingerprint density at radius 1 is 1.25 bits per heavy atom. The Hall–Kier alpha value is -1.10. The van der Waals surface area contributed by atoms with E-state index in [0.717, 1.165) is 32.4 Å². The minimum atomic E-state index is 0.0208. The molecule has 116 valence electrons. The van der Waals surface area contributed by atoms with Crippen LogP contribution >= 0.6 is 0 Å². The summed E-state index contributed by atoms with van der Waals surface area (Å²) >= 11 is 0. The highest BCUT2D eigenvalue weighted by Gasteiger charge is 2.24. The first-order chi connectivity index (χ1) is 9.43. The third-order valence-corrected chi connectivity index (χ3v) is 3.97. The average molecular weight is 283 g/mol. The summed E-state index contributed by atoms with van der Waals surface area (Å²) in [5, 5.41) is 3.04. The topological polar surface area (TPSA) is 75.4 Å². The van der Waals surface area contributed by atoms with E-state index in [1.165, 1.54) is 0 Å². The number of hydrogen-bond acceptors (Lipinski definition) is 3. The van der Waals surface area contributed by atoms with Gasteiger partial charge >= 0.3 is 0 Å². The van der Waals surface area contributed by atoms with Crippen LogP contribution in [0.1, 0.15) is 46.5 Å². The van der Waals surface area contributed by atoms with Gasteiger partial charge in [0, 0.05) is 31.5 Å². The Labute approximate surface area is 122 Å². The van der Waals surface area contributed by atoms with Crippen LogP contribution in [-0.4, -0.2) is 42.4 Å². The molecule has 1 saturated heterocycles. The fourth-order valence-electron chi connectivity index (χ4n) is 2.29. The molecule has 1 heterocycles. The smallest absolute Gasteiger partial charge is 0.222 e. The first-order valence-corrected chi connectivity index (χ1v) is 7.72. The monoisotopic (exact) mass is 283 g/mol. The van der Waals surface area contributed by atoms with E-state index in [1.807, 2.05) is 18.7 Å². The molecule has 0 saturated carbocycles. The van der Waals surface area contributed by atoms with Crippen LogP contribution in [0.2, 0.25) is 0 Å². The third kappa shape index (κ3) is 5.49. The Morgan fingerprint density at radius 2 is 1.85 bits per heavy atom. The zero-order valence-corrected chi connectivity index (χ0v) is 13.0. The standard InChI is InChI=1S/C15H29N3O2/c1-11(2)15(20)17-13-6-8-18(9-7-13)14(19)5-4-12(3)10-16/h11-13H,4-10,16H2,1-3H3,(H,17,20). The number of hydrogen-bond donors (Lipinski definition) is 2. The largest absolute Gasteiger partial charge is 0.353 e. The zero-order valence-electron chi connectivity index (χ0n) is 13.0. The SMILES string of the molecule is CC(CN)CCC(=O)N1CCC(NC(=O)C(C)C)CC1. The second kappa shape index (κ2) is 8.25. The number of carbonyl (C=O) groups is 2. The molecule has 0 spiro atoms. The molecule has 1 aliphatic heterocycles. The van der Waals surface area contributed by atoms with E-state index in [0.29, 0.717) is 18.9 Å². The zero-order chi connectivity index (χ0) is 15.1. The number of carbonyl (C=O) groups excluding carboxylic acids is 2. The molecule has 5 nitrogen and oxygen atoms in total. The third-order valence-electron chi connectivity index (χ3n) is 3.97. The lowest BCUT2D eigenvalue weighted by Gasteiger charge is -2.33. The van der Waals surface area contributed by atoms with Crippen molar-refractivity contribution in [2.24, 2.45) is 17.6 Å². The minimum Gasteiger partial charge on any atom is -0.353 e. The van der Waals surface area contributed by atoms with E-state index in [-0.39, 0.29) is 23.8 Å². The molecule has 2 amide bonds. The van der Waals surface area contributed by atoms with Crippen LogP contribution in [-0.2, 0) is 9.59 Å². The highest BCUT2D eigenvalue weighted by Crippen LogP contribution is 2.14. The van der Waals surface area contributed by atoms with Gasteiger partial charge in [0.15, 0.2) is 0 Å². The maximum Gasteiger partial charge on any atom is 0.222 e. The molecule has 1 fully saturated rings. The molecule has 20 heavy (non-hydrogen) atoms. The van der Waals surface area contributed by atoms with Crippen molar-refractivity contribution in [1.29, 1.82) is 0 Å². The van der Waals surface area contributed by atoms with Gasteiger partial charge in [0.05, 0.1) is 0 Å². The van der Waals surface area contributed by atoms with Crippen LogP contribution in [0.3, 0.4) is 0 Å². The molecule has 3 N–H and O–H groups in total. The molecule has 1 aliphatic rings. The van der Waals surface area contributed by atoms with Crippen molar-refractivity contribution in [2.45, 2.75) is 52.5 Å². The van der Waals surface area contributed by atoms with Crippen molar-refractivity contribution in [2.75, 3.05) is 19.6 Å². The molecular formula is C15H29N3O2. The van der Waals surface area contributed by atoms with Crippen LogP contribution in [0.4, 0.5) is 0 Å². The highest BCUT2D eigenvalue weighted by atomic mass is 16.2.